The molecule has 6 heteroatoms. The topological polar surface area (TPSA) is 57.2 Å². The van der Waals surface area contributed by atoms with E-state index in [1.54, 1.807) is 0 Å². The molecule has 0 N–H and O–H groups in total. The molecule has 1 aromatic carbocycles. The van der Waals surface area contributed by atoms with Crippen molar-refractivity contribution >= 4 is 55.6 Å². The maximum atomic E-state index is 10.4. The van der Waals surface area contributed by atoms with Crippen LogP contribution in [0.3, 0.4) is 0 Å². The summed E-state index contributed by atoms with van der Waals surface area (Å²) < 4.78 is 31.9. The Balaban J connectivity index is 0.00000121. The van der Waals surface area contributed by atoms with E-state index in [1.807, 2.05) is 0 Å². The van der Waals surface area contributed by atoms with Crippen molar-refractivity contribution in [1.82, 2.24) is 0 Å². The molecule has 0 spiro atoms. The van der Waals surface area contributed by atoms with Gasteiger partial charge >= 0.3 is 0 Å². The van der Waals surface area contributed by atoms with Gasteiger partial charge in [0.25, 0.3) is 0 Å². The van der Waals surface area contributed by atoms with Crippen LogP contribution < -0.4 is 0 Å². The summed E-state index contributed by atoms with van der Waals surface area (Å²) in [5.41, 5.74) is 0. The zero-order valence-electron chi connectivity index (χ0n) is 6.32. The van der Waals surface area contributed by atoms with Crippen molar-refractivity contribution in [3.63, 3.8) is 0 Å². The average molecular weight is 259 g/mol. The Labute approximate surface area is 101 Å². The van der Waals surface area contributed by atoms with Gasteiger partial charge in [0.05, 0.1) is 4.90 Å². The summed E-state index contributed by atoms with van der Waals surface area (Å²) in [7, 11) is -4.29. The standard InChI is InChI=1S/C6H5BrO3S.Na/c7-5-1-3-6(4-2-5)11(8,9)10;/h1-4H,(H,8,9,10);/p-1. The van der Waals surface area contributed by atoms with Crippen molar-refractivity contribution < 1.29 is 13.0 Å². The van der Waals surface area contributed by atoms with Crippen LogP contribution in [-0.2, 0) is 10.1 Å². The Kier molecular flexibility index (Phi) is 4.98. The second-order valence-corrected chi connectivity index (χ2v) is 4.20. The largest absolute Gasteiger partial charge is 0.744 e. The van der Waals surface area contributed by atoms with E-state index >= 15 is 0 Å². The first kappa shape index (κ1) is 12.6. The van der Waals surface area contributed by atoms with E-state index in [9.17, 15) is 13.0 Å². The van der Waals surface area contributed by atoms with Crippen LogP contribution in [0, 0.1) is 0 Å². The Bertz CT molecular complexity index is 346. The number of benzene rings is 1. The summed E-state index contributed by atoms with van der Waals surface area (Å²) >= 11 is 3.12. The first-order valence-corrected chi connectivity index (χ1v) is 4.92. The molecule has 0 aliphatic heterocycles. The molecular formula is C6H4BrNaO3S-. The summed E-state index contributed by atoms with van der Waals surface area (Å²) in [4.78, 5) is -0.208. The molecule has 0 aliphatic carbocycles. The van der Waals surface area contributed by atoms with Gasteiger partial charge in [-0.25, -0.2) is 8.42 Å². The van der Waals surface area contributed by atoms with E-state index in [2.05, 4.69) is 15.9 Å². The van der Waals surface area contributed by atoms with Crippen LogP contribution in [-0.4, -0.2) is 42.5 Å². The van der Waals surface area contributed by atoms with Gasteiger partial charge in [0.15, 0.2) is 0 Å². The van der Waals surface area contributed by atoms with E-state index in [0.29, 0.717) is 0 Å². The maximum Gasteiger partial charge on any atom is 0.124 e. The Morgan fingerprint density at radius 2 is 1.58 bits per heavy atom. The van der Waals surface area contributed by atoms with Crippen LogP contribution >= 0.6 is 15.9 Å². The van der Waals surface area contributed by atoms with Gasteiger partial charge in [0, 0.05) is 34.0 Å². The summed E-state index contributed by atoms with van der Waals surface area (Å²) in [5.74, 6) is 0. The predicted octanol–water partition coefficient (Wildman–Crippen LogP) is 0.972. The summed E-state index contributed by atoms with van der Waals surface area (Å²) in [5, 5.41) is 0. The minimum absolute atomic E-state index is 0. The molecule has 1 aromatic rings. The molecule has 0 saturated heterocycles. The van der Waals surface area contributed by atoms with Crippen LogP contribution in [0.4, 0.5) is 0 Å². The first-order valence-electron chi connectivity index (χ1n) is 2.71. The molecule has 0 aromatic heterocycles. The van der Waals surface area contributed by atoms with Crippen molar-refractivity contribution in [3.8, 4) is 0 Å². The van der Waals surface area contributed by atoms with Crippen LogP contribution in [0.5, 0.6) is 0 Å². The van der Waals surface area contributed by atoms with E-state index < -0.39 is 10.1 Å². The molecule has 0 atom stereocenters. The van der Waals surface area contributed by atoms with E-state index in [1.165, 1.54) is 24.3 Å². The normalized spacial score (nSPS) is 10.5. The monoisotopic (exact) mass is 258 g/mol. The van der Waals surface area contributed by atoms with E-state index in [-0.39, 0.29) is 34.5 Å². The molecule has 12 heavy (non-hydrogen) atoms. The molecule has 1 rings (SSSR count). The molecule has 0 amide bonds. The van der Waals surface area contributed by atoms with Crippen LogP contribution in [0.2, 0.25) is 0 Å². The number of hydrogen-bond donors (Lipinski definition) is 0. The number of hydrogen-bond acceptors (Lipinski definition) is 3. The van der Waals surface area contributed by atoms with Crippen molar-refractivity contribution in [2.45, 2.75) is 4.90 Å². The second-order valence-electron chi connectivity index (χ2n) is 1.91. The van der Waals surface area contributed by atoms with E-state index in [0.717, 1.165) is 4.47 Å². The summed E-state index contributed by atoms with van der Waals surface area (Å²) in [6.07, 6.45) is 0. The third-order valence-electron chi connectivity index (χ3n) is 1.10. The molecule has 1 radical (unpaired) electrons. The van der Waals surface area contributed by atoms with Crippen molar-refractivity contribution in [2.75, 3.05) is 0 Å². The van der Waals surface area contributed by atoms with Crippen molar-refractivity contribution in [3.05, 3.63) is 28.7 Å². The molecule has 0 aliphatic rings. The third-order valence-corrected chi connectivity index (χ3v) is 2.48. The minimum atomic E-state index is -4.29. The molecule has 0 heterocycles. The fraction of sp³-hybridized carbons (Fsp3) is 0. The second kappa shape index (κ2) is 4.74. The summed E-state index contributed by atoms with van der Waals surface area (Å²) in [6.45, 7) is 0. The van der Waals surface area contributed by atoms with E-state index in [4.69, 9.17) is 0 Å². The quantitative estimate of drug-likeness (QED) is 0.557. The molecule has 0 unspecified atom stereocenters. The van der Waals surface area contributed by atoms with Gasteiger partial charge in [-0.2, -0.15) is 0 Å². The van der Waals surface area contributed by atoms with Gasteiger partial charge in [-0.3, -0.25) is 0 Å². The first-order chi connectivity index (χ1) is 5.00. The Morgan fingerprint density at radius 1 is 1.17 bits per heavy atom. The zero-order valence-corrected chi connectivity index (χ0v) is 10.7. The SMILES string of the molecule is O=S(=O)([O-])c1ccc(Br)cc1.[Na]. The van der Waals surface area contributed by atoms with Gasteiger partial charge in [0.2, 0.25) is 0 Å². The average Bonchev–Trinajstić information content (AvgIpc) is 1.86. The fourth-order valence-corrected chi connectivity index (χ4v) is 1.34. The maximum absolute atomic E-state index is 10.4. The van der Waals surface area contributed by atoms with Gasteiger partial charge in [0.1, 0.15) is 10.1 Å². The summed E-state index contributed by atoms with van der Waals surface area (Å²) in [6, 6.07) is 5.52. The zero-order chi connectivity index (χ0) is 8.48. The molecule has 0 fully saturated rings. The Morgan fingerprint density at radius 3 is 1.92 bits per heavy atom. The Hall–Kier alpha value is 0.610. The molecule has 3 nitrogen and oxygen atoms in total. The van der Waals surface area contributed by atoms with Crippen LogP contribution in [0.15, 0.2) is 33.6 Å². The van der Waals surface area contributed by atoms with Gasteiger partial charge in [-0.05, 0) is 24.3 Å². The van der Waals surface area contributed by atoms with Crippen LogP contribution in [0.25, 0.3) is 0 Å². The molecule has 61 valence electrons. The van der Waals surface area contributed by atoms with Crippen molar-refractivity contribution in [1.29, 1.82) is 0 Å². The number of halogens is 1. The van der Waals surface area contributed by atoms with Gasteiger partial charge in [-0.1, -0.05) is 15.9 Å². The van der Waals surface area contributed by atoms with Crippen molar-refractivity contribution in [2.24, 2.45) is 0 Å². The minimum Gasteiger partial charge on any atom is -0.744 e. The third kappa shape index (κ3) is 3.55. The molecule has 0 bridgehead atoms. The molecular weight excluding hydrogens is 255 g/mol. The number of rotatable bonds is 1. The van der Waals surface area contributed by atoms with Gasteiger partial charge in [-0.15, -0.1) is 0 Å². The fourth-order valence-electron chi connectivity index (χ4n) is 0.601. The van der Waals surface area contributed by atoms with Crippen LogP contribution in [0.1, 0.15) is 0 Å². The smallest absolute Gasteiger partial charge is 0.124 e. The molecule has 0 saturated carbocycles. The predicted molar refractivity (Wildman–Crippen MR) is 47.9 cm³/mol. The van der Waals surface area contributed by atoms with Gasteiger partial charge < -0.3 is 4.55 Å².